The molecule has 1 unspecified atom stereocenters. The molecule has 1 heterocycles. The average molecular weight is 240 g/mol. The Hall–Kier alpha value is -0.120. The van der Waals surface area contributed by atoms with Crippen molar-refractivity contribution in [3.05, 3.63) is 0 Å². The van der Waals surface area contributed by atoms with E-state index >= 15 is 0 Å². The van der Waals surface area contributed by atoms with Crippen molar-refractivity contribution in [2.45, 2.75) is 57.7 Å². The fourth-order valence-corrected chi connectivity index (χ4v) is 3.11. The highest BCUT2D eigenvalue weighted by atomic mass is 16.5. The van der Waals surface area contributed by atoms with Gasteiger partial charge in [0.05, 0.1) is 6.10 Å². The number of hydrogen-bond donors (Lipinski definition) is 1. The highest BCUT2D eigenvalue weighted by molar-refractivity contribution is 4.91. The van der Waals surface area contributed by atoms with Crippen LogP contribution in [-0.2, 0) is 4.74 Å². The van der Waals surface area contributed by atoms with Crippen molar-refractivity contribution in [1.29, 1.82) is 0 Å². The van der Waals surface area contributed by atoms with E-state index < -0.39 is 0 Å². The SMILES string of the molecule is COC1CC(N2CCCNC(CC(C)C)C2)C1. The molecular formula is C14H28N2O. The quantitative estimate of drug-likeness (QED) is 0.812. The molecule has 3 heteroatoms. The zero-order valence-electron chi connectivity index (χ0n) is 11.6. The Morgan fingerprint density at radius 1 is 1.35 bits per heavy atom. The van der Waals surface area contributed by atoms with Crippen molar-refractivity contribution in [1.82, 2.24) is 10.2 Å². The minimum absolute atomic E-state index is 0.528. The van der Waals surface area contributed by atoms with Crippen LogP contribution in [-0.4, -0.2) is 49.8 Å². The molecule has 0 aromatic carbocycles. The third-order valence-corrected chi connectivity index (χ3v) is 4.19. The first-order valence-corrected chi connectivity index (χ1v) is 7.19. The van der Waals surface area contributed by atoms with Gasteiger partial charge in [-0.05, 0) is 44.7 Å². The predicted octanol–water partition coefficient (Wildman–Crippen LogP) is 1.87. The van der Waals surface area contributed by atoms with Gasteiger partial charge in [0.1, 0.15) is 0 Å². The summed E-state index contributed by atoms with van der Waals surface area (Å²) in [5, 5.41) is 3.70. The van der Waals surface area contributed by atoms with Gasteiger partial charge in [-0.15, -0.1) is 0 Å². The van der Waals surface area contributed by atoms with Gasteiger partial charge in [0, 0.05) is 25.7 Å². The van der Waals surface area contributed by atoms with Crippen LogP contribution in [0.4, 0.5) is 0 Å². The minimum atomic E-state index is 0.528. The maximum Gasteiger partial charge on any atom is 0.0601 e. The van der Waals surface area contributed by atoms with Crippen LogP contribution >= 0.6 is 0 Å². The second-order valence-electron chi connectivity index (χ2n) is 6.11. The average Bonchev–Trinajstić information content (AvgIpc) is 2.41. The Bertz CT molecular complexity index is 226. The molecule has 3 nitrogen and oxygen atoms in total. The molecular weight excluding hydrogens is 212 g/mol. The lowest BCUT2D eigenvalue weighted by atomic mass is 9.87. The van der Waals surface area contributed by atoms with Crippen molar-refractivity contribution >= 4 is 0 Å². The van der Waals surface area contributed by atoms with Crippen LogP contribution < -0.4 is 5.32 Å². The normalized spacial score (nSPS) is 35.6. The molecule has 1 N–H and O–H groups in total. The van der Waals surface area contributed by atoms with Crippen molar-refractivity contribution in [2.75, 3.05) is 26.7 Å². The Kier molecular flexibility index (Phi) is 4.83. The van der Waals surface area contributed by atoms with E-state index in [4.69, 9.17) is 4.74 Å². The lowest BCUT2D eigenvalue weighted by Crippen LogP contribution is -2.51. The van der Waals surface area contributed by atoms with E-state index in [-0.39, 0.29) is 0 Å². The van der Waals surface area contributed by atoms with E-state index in [9.17, 15) is 0 Å². The molecule has 2 fully saturated rings. The third-order valence-electron chi connectivity index (χ3n) is 4.19. The highest BCUT2D eigenvalue weighted by Gasteiger charge is 2.35. The van der Waals surface area contributed by atoms with Crippen molar-refractivity contribution in [2.24, 2.45) is 5.92 Å². The first kappa shape index (κ1) is 13.3. The summed E-state index contributed by atoms with van der Waals surface area (Å²) < 4.78 is 5.39. The van der Waals surface area contributed by atoms with Gasteiger partial charge in [0.2, 0.25) is 0 Å². The fraction of sp³-hybridized carbons (Fsp3) is 1.00. The molecule has 0 bridgehead atoms. The molecule has 100 valence electrons. The van der Waals surface area contributed by atoms with Gasteiger partial charge < -0.3 is 10.1 Å². The van der Waals surface area contributed by atoms with Crippen LogP contribution in [0, 0.1) is 5.92 Å². The summed E-state index contributed by atoms with van der Waals surface area (Å²) in [5.74, 6) is 0.792. The van der Waals surface area contributed by atoms with Gasteiger partial charge in [0.25, 0.3) is 0 Å². The van der Waals surface area contributed by atoms with Crippen LogP contribution in [0.5, 0.6) is 0 Å². The highest BCUT2D eigenvalue weighted by Crippen LogP contribution is 2.29. The van der Waals surface area contributed by atoms with Crippen LogP contribution in [0.25, 0.3) is 0 Å². The predicted molar refractivity (Wildman–Crippen MR) is 71.3 cm³/mol. The summed E-state index contributed by atoms with van der Waals surface area (Å²) in [6, 6.07) is 1.48. The lowest BCUT2D eigenvalue weighted by molar-refractivity contribution is -0.0278. The molecule has 0 radical (unpaired) electrons. The summed E-state index contributed by atoms with van der Waals surface area (Å²) in [7, 11) is 1.84. The van der Waals surface area contributed by atoms with Crippen molar-refractivity contribution < 1.29 is 4.74 Å². The maximum absolute atomic E-state index is 5.39. The van der Waals surface area contributed by atoms with Gasteiger partial charge in [-0.1, -0.05) is 13.8 Å². The Balaban J connectivity index is 1.81. The van der Waals surface area contributed by atoms with Crippen molar-refractivity contribution in [3.8, 4) is 0 Å². The van der Waals surface area contributed by atoms with Crippen LogP contribution in [0.1, 0.15) is 39.5 Å². The third kappa shape index (κ3) is 3.67. The van der Waals surface area contributed by atoms with Crippen molar-refractivity contribution in [3.63, 3.8) is 0 Å². The van der Waals surface area contributed by atoms with Crippen LogP contribution in [0.3, 0.4) is 0 Å². The second-order valence-corrected chi connectivity index (χ2v) is 6.11. The Morgan fingerprint density at radius 3 is 2.76 bits per heavy atom. The molecule has 0 spiro atoms. The first-order valence-electron chi connectivity index (χ1n) is 7.19. The monoisotopic (exact) mass is 240 g/mol. The molecule has 0 amide bonds. The summed E-state index contributed by atoms with van der Waals surface area (Å²) >= 11 is 0. The topological polar surface area (TPSA) is 24.5 Å². The summed E-state index contributed by atoms with van der Waals surface area (Å²) in [6.45, 7) is 8.33. The summed E-state index contributed by atoms with van der Waals surface area (Å²) in [6.07, 6.45) is 5.61. The molecule has 1 aliphatic heterocycles. The summed E-state index contributed by atoms with van der Waals surface area (Å²) in [5.41, 5.74) is 0. The first-order chi connectivity index (χ1) is 8.19. The Morgan fingerprint density at radius 2 is 2.12 bits per heavy atom. The molecule has 0 aromatic heterocycles. The van der Waals surface area contributed by atoms with Gasteiger partial charge in [-0.2, -0.15) is 0 Å². The molecule has 1 atom stereocenters. The maximum atomic E-state index is 5.39. The largest absolute Gasteiger partial charge is 0.381 e. The fourth-order valence-electron chi connectivity index (χ4n) is 3.11. The van der Waals surface area contributed by atoms with E-state index in [0.717, 1.165) is 12.0 Å². The Labute approximate surface area is 106 Å². The molecule has 2 aliphatic rings. The minimum Gasteiger partial charge on any atom is -0.381 e. The molecule has 1 aliphatic carbocycles. The second kappa shape index (κ2) is 6.17. The zero-order chi connectivity index (χ0) is 12.3. The molecule has 1 saturated heterocycles. The van der Waals surface area contributed by atoms with Gasteiger partial charge in [-0.25, -0.2) is 0 Å². The summed E-state index contributed by atoms with van der Waals surface area (Å²) in [4.78, 5) is 2.70. The lowest BCUT2D eigenvalue weighted by Gasteiger charge is -2.42. The number of hydrogen-bond acceptors (Lipinski definition) is 3. The van der Waals surface area contributed by atoms with Gasteiger partial charge >= 0.3 is 0 Å². The number of nitrogens with zero attached hydrogens (tertiary/aromatic N) is 1. The van der Waals surface area contributed by atoms with Crippen LogP contribution in [0.15, 0.2) is 0 Å². The van der Waals surface area contributed by atoms with Gasteiger partial charge in [0.15, 0.2) is 0 Å². The van der Waals surface area contributed by atoms with E-state index in [1.807, 2.05) is 7.11 Å². The standard InChI is InChI=1S/C14H28N2O/c1-11(2)7-12-10-16(6-4-5-15-12)13-8-14(9-13)17-3/h11-15H,4-10H2,1-3H3. The molecule has 17 heavy (non-hydrogen) atoms. The number of methoxy groups -OCH3 is 1. The smallest absolute Gasteiger partial charge is 0.0601 e. The van der Waals surface area contributed by atoms with Gasteiger partial charge in [-0.3, -0.25) is 4.90 Å². The van der Waals surface area contributed by atoms with Crippen LogP contribution in [0.2, 0.25) is 0 Å². The zero-order valence-corrected chi connectivity index (χ0v) is 11.6. The number of ether oxygens (including phenoxy) is 1. The van der Waals surface area contributed by atoms with E-state index in [0.29, 0.717) is 12.1 Å². The molecule has 0 aromatic rings. The van der Waals surface area contributed by atoms with E-state index in [2.05, 4.69) is 24.1 Å². The molecule has 1 saturated carbocycles. The number of rotatable bonds is 4. The number of nitrogens with one attached hydrogen (secondary N) is 1. The van der Waals surface area contributed by atoms with E-state index in [1.165, 1.54) is 45.3 Å². The van der Waals surface area contributed by atoms with E-state index in [1.54, 1.807) is 0 Å². The molecule has 2 rings (SSSR count).